The fraction of sp³-hybridized carbons (Fsp3) is 0.556. The zero-order valence-corrected chi connectivity index (χ0v) is 9.90. The van der Waals surface area contributed by atoms with E-state index >= 15 is 0 Å². The number of rotatable bonds is 5. The van der Waals surface area contributed by atoms with Gasteiger partial charge in [0, 0.05) is 35.1 Å². The van der Waals surface area contributed by atoms with E-state index in [1.54, 1.807) is 11.3 Å². The molecule has 1 heterocycles. The highest BCUT2D eigenvalue weighted by Gasteiger charge is 2.11. The first-order valence-electron chi connectivity index (χ1n) is 4.23. The van der Waals surface area contributed by atoms with Crippen LogP contribution in [-0.2, 0) is 4.74 Å². The van der Waals surface area contributed by atoms with Gasteiger partial charge in [0.05, 0.1) is 6.10 Å². The van der Waals surface area contributed by atoms with Gasteiger partial charge in [0.25, 0.3) is 0 Å². The van der Waals surface area contributed by atoms with E-state index in [4.69, 9.17) is 4.74 Å². The molecule has 0 saturated heterocycles. The highest BCUT2D eigenvalue weighted by molar-refractivity contribution is 9.10. The molecule has 1 N–H and O–H groups in total. The molecular formula is C9H13BrO2S. The van der Waals surface area contributed by atoms with Crippen molar-refractivity contribution in [2.45, 2.75) is 19.4 Å². The molecule has 0 aromatic carbocycles. The molecule has 0 spiro atoms. The average molecular weight is 265 g/mol. The highest BCUT2D eigenvalue weighted by atomic mass is 79.9. The standard InChI is InChI=1S/C9H13BrO2S/c1-2-12-4-3-9(11)7-5-13-6-8(7)10/h5-6,9,11H,2-4H2,1H3. The number of aliphatic hydroxyl groups excluding tert-OH is 1. The summed E-state index contributed by atoms with van der Waals surface area (Å²) < 4.78 is 6.16. The Labute approximate surface area is 90.7 Å². The smallest absolute Gasteiger partial charge is 0.0831 e. The third-order valence-corrected chi connectivity index (χ3v) is 3.49. The summed E-state index contributed by atoms with van der Waals surface area (Å²) in [5.41, 5.74) is 0.963. The minimum absolute atomic E-state index is 0.410. The van der Waals surface area contributed by atoms with E-state index in [1.807, 2.05) is 17.7 Å². The third kappa shape index (κ3) is 3.38. The second kappa shape index (κ2) is 5.75. The molecular weight excluding hydrogens is 252 g/mol. The largest absolute Gasteiger partial charge is 0.388 e. The summed E-state index contributed by atoms with van der Waals surface area (Å²) in [5, 5.41) is 13.6. The number of thiophene rings is 1. The van der Waals surface area contributed by atoms with Crippen molar-refractivity contribution in [2.24, 2.45) is 0 Å². The Morgan fingerprint density at radius 3 is 2.92 bits per heavy atom. The van der Waals surface area contributed by atoms with Gasteiger partial charge in [-0.25, -0.2) is 0 Å². The summed E-state index contributed by atoms with van der Waals surface area (Å²) in [5.74, 6) is 0. The molecule has 1 atom stereocenters. The molecule has 0 amide bonds. The van der Waals surface area contributed by atoms with Gasteiger partial charge in [0.2, 0.25) is 0 Å². The zero-order chi connectivity index (χ0) is 9.68. The van der Waals surface area contributed by atoms with Gasteiger partial charge in [-0.15, -0.1) is 0 Å². The van der Waals surface area contributed by atoms with Crippen molar-refractivity contribution in [1.82, 2.24) is 0 Å². The van der Waals surface area contributed by atoms with Crippen molar-refractivity contribution in [3.05, 3.63) is 20.8 Å². The Bertz CT molecular complexity index is 250. The van der Waals surface area contributed by atoms with Crippen molar-refractivity contribution >= 4 is 27.3 Å². The fourth-order valence-electron chi connectivity index (χ4n) is 1.02. The maximum absolute atomic E-state index is 9.71. The lowest BCUT2D eigenvalue weighted by Crippen LogP contribution is -2.02. The lowest BCUT2D eigenvalue weighted by molar-refractivity contribution is 0.0885. The van der Waals surface area contributed by atoms with Crippen LogP contribution in [0.1, 0.15) is 25.0 Å². The van der Waals surface area contributed by atoms with E-state index in [2.05, 4.69) is 15.9 Å². The maximum atomic E-state index is 9.71. The molecule has 0 aliphatic heterocycles. The molecule has 0 aliphatic rings. The third-order valence-electron chi connectivity index (χ3n) is 1.74. The summed E-state index contributed by atoms with van der Waals surface area (Å²) in [6.45, 7) is 3.27. The van der Waals surface area contributed by atoms with Crippen LogP contribution in [0.3, 0.4) is 0 Å². The molecule has 1 unspecified atom stereocenters. The lowest BCUT2D eigenvalue weighted by atomic mass is 10.1. The first-order valence-corrected chi connectivity index (χ1v) is 5.96. The minimum atomic E-state index is -0.410. The Kier molecular flexibility index (Phi) is 4.94. The summed E-state index contributed by atoms with van der Waals surface area (Å²) in [7, 11) is 0. The van der Waals surface area contributed by atoms with Crippen LogP contribution in [0.25, 0.3) is 0 Å². The normalized spacial score (nSPS) is 13.2. The lowest BCUT2D eigenvalue weighted by Gasteiger charge is -2.09. The van der Waals surface area contributed by atoms with Crippen LogP contribution >= 0.6 is 27.3 Å². The number of ether oxygens (including phenoxy) is 1. The molecule has 1 aromatic heterocycles. The summed E-state index contributed by atoms with van der Waals surface area (Å²) in [6, 6.07) is 0. The summed E-state index contributed by atoms with van der Waals surface area (Å²) >= 11 is 4.97. The van der Waals surface area contributed by atoms with E-state index in [9.17, 15) is 5.11 Å². The molecule has 0 bridgehead atoms. The van der Waals surface area contributed by atoms with Crippen molar-refractivity contribution in [3.63, 3.8) is 0 Å². The Morgan fingerprint density at radius 2 is 2.38 bits per heavy atom. The number of hydrogen-bond acceptors (Lipinski definition) is 3. The van der Waals surface area contributed by atoms with Crippen LogP contribution in [0.4, 0.5) is 0 Å². The quantitative estimate of drug-likeness (QED) is 0.829. The van der Waals surface area contributed by atoms with Crippen molar-refractivity contribution < 1.29 is 9.84 Å². The number of aliphatic hydroxyl groups is 1. The summed E-state index contributed by atoms with van der Waals surface area (Å²) in [4.78, 5) is 0. The monoisotopic (exact) mass is 264 g/mol. The van der Waals surface area contributed by atoms with Gasteiger partial charge in [-0.1, -0.05) is 0 Å². The number of halogens is 1. The van der Waals surface area contributed by atoms with Crippen LogP contribution in [0.15, 0.2) is 15.2 Å². The topological polar surface area (TPSA) is 29.5 Å². The van der Waals surface area contributed by atoms with Crippen LogP contribution in [0.2, 0.25) is 0 Å². The van der Waals surface area contributed by atoms with E-state index in [0.29, 0.717) is 19.6 Å². The first kappa shape index (κ1) is 11.2. The van der Waals surface area contributed by atoms with E-state index in [-0.39, 0.29) is 0 Å². The SMILES string of the molecule is CCOCCC(O)c1cscc1Br. The van der Waals surface area contributed by atoms with E-state index in [0.717, 1.165) is 10.0 Å². The molecule has 2 nitrogen and oxygen atoms in total. The Hall–Kier alpha value is 0.100. The summed E-state index contributed by atoms with van der Waals surface area (Å²) in [6.07, 6.45) is 0.246. The molecule has 0 saturated carbocycles. The second-order valence-corrected chi connectivity index (χ2v) is 4.27. The predicted octanol–water partition coefficient (Wildman–Crippen LogP) is 2.97. The molecule has 0 fully saturated rings. The van der Waals surface area contributed by atoms with Gasteiger partial charge in [0.1, 0.15) is 0 Å². The second-order valence-electron chi connectivity index (χ2n) is 2.68. The Balaban J connectivity index is 2.39. The van der Waals surface area contributed by atoms with Crippen LogP contribution in [0.5, 0.6) is 0 Å². The van der Waals surface area contributed by atoms with Gasteiger partial charge < -0.3 is 9.84 Å². The maximum Gasteiger partial charge on any atom is 0.0831 e. The average Bonchev–Trinajstić information content (AvgIpc) is 2.52. The van der Waals surface area contributed by atoms with Crippen molar-refractivity contribution in [2.75, 3.05) is 13.2 Å². The van der Waals surface area contributed by atoms with Crippen LogP contribution in [-0.4, -0.2) is 18.3 Å². The molecule has 1 aromatic rings. The van der Waals surface area contributed by atoms with Gasteiger partial charge in [0.15, 0.2) is 0 Å². The molecule has 0 radical (unpaired) electrons. The zero-order valence-electron chi connectivity index (χ0n) is 7.50. The Morgan fingerprint density at radius 1 is 1.62 bits per heavy atom. The van der Waals surface area contributed by atoms with Gasteiger partial charge in [-0.2, -0.15) is 11.3 Å². The molecule has 74 valence electrons. The first-order chi connectivity index (χ1) is 6.25. The number of hydrogen-bond donors (Lipinski definition) is 1. The van der Waals surface area contributed by atoms with Crippen molar-refractivity contribution in [1.29, 1.82) is 0 Å². The van der Waals surface area contributed by atoms with Gasteiger partial charge in [-0.05, 0) is 28.2 Å². The van der Waals surface area contributed by atoms with Crippen molar-refractivity contribution in [3.8, 4) is 0 Å². The van der Waals surface area contributed by atoms with Crippen LogP contribution in [0, 0.1) is 0 Å². The fourth-order valence-corrected chi connectivity index (χ4v) is 2.63. The predicted molar refractivity (Wildman–Crippen MR) is 58.1 cm³/mol. The van der Waals surface area contributed by atoms with Gasteiger partial charge in [-0.3, -0.25) is 0 Å². The highest BCUT2D eigenvalue weighted by Crippen LogP contribution is 2.28. The molecule has 13 heavy (non-hydrogen) atoms. The van der Waals surface area contributed by atoms with Gasteiger partial charge >= 0.3 is 0 Å². The van der Waals surface area contributed by atoms with Crippen LogP contribution < -0.4 is 0 Å². The molecule has 1 rings (SSSR count). The van der Waals surface area contributed by atoms with E-state index in [1.165, 1.54) is 0 Å². The minimum Gasteiger partial charge on any atom is -0.388 e. The van der Waals surface area contributed by atoms with E-state index < -0.39 is 6.10 Å². The molecule has 4 heteroatoms. The molecule has 0 aliphatic carbocycles.